The van der Waals surface area contributed by atoms with Crippen LogP contribution in [-0.2, 0) is 6.61 Å². The third-order valence-corrected chi connectivity index (χ3v) is 4.40. The van der Waals surface area contributed by atoms with Gasteiger partial charge in [0.1, 0.15) is 12.4 Å². The topological polar surface area (TPSA) is 49.1 Å². The lowest BCUT2D eigenvalue weighted by Crippen LogP contribution is -2.29. The number of halogens is 1. The summed E-state index contributed by atoms with van der Waals surface area (Å²) in [6, 6.07) is 11.9. The van der Waals surface area contributed by atoms with E-state index in [4.69, 9.17) is 10.00 Å². The van der Waals surface area contributed by atoms with Gasteiger partial charge in [-0.2, -0.15) is 5.26 Å². The molecule has 0 atom stereocenters. The van der Waals surface area contributed by atoms with Gasteiger partial charge in [0, 0.05) is 31.3 Å². The first-order valence-corrected chi connectivity index (χ1v) is 8.89. The lowest BCUT2D eigenvalue weighted by molar-refractivity contribution is 0.287. The molecule has 2 aromatic rings. The average molecular weight is 363 g/mol. The minimum atomic E-state index is -0.446. The van der Waals surface area contributed by atoms with Crippen LogP contribution in [0.4, 0.5) is 4.39 Å². The fraction of sp³-hybridized carbons (Fsp3) is 0.273. The van der Waals surface area contributed by atoms with Crippen LogP contribution in [0.5, 0.6) is 5.88 Å². The van der Waals surface area contributed by atoms with Crippen molar-refractivity contribution in [1.82, 2.24) is 9.88 Å². The third-order valence-electron chi connectivity index (χ3n) is 4.40. The Hall–Kier alpha value is -2.97. The molecule has 5 heteroatoms. The molecular weight excluding hydrogens is 341 g/mol. The molecule has 0 saturated carbocycles. The molecule has 0 saturated heterocycles. The van der Waals surface area contributed by atoms with Crippen molar-refractivity contribution < 1.29 is 9.13 Å². The molecule has 0 unspecified atom stereocenters. The summed E-state index contributed by atoms with van der Waals surface area (Å²) < 4.78 is 19.6. The van der Waals surface area contributed by atoms with Gasteiger partial charge in [-0.3, -0.25) is 4.90 Å². The number of nitrogens with zero attached hydrogens (tertiary/aromatic N) is 3. The molecule has 0 spiro atoms. The smallest absolute Gasteiger partial charge is 0.214 e. The Morgan fingerprint density at radius 2 is 2.22 bits per heavy atom. The van der Waals surface area contributed by atoms with Crippen LogP contribution in [-0.4, -0.2) is 29.5 Å². The predicted molar refractivity (Wildman–Crippen MR) is 104 cm³/mol. The van der Waals surface area contributed by atoms with Crippen molar-refractivity contribution in [2.45, 2.75) is 20.0 Å². The number of hydrogen-bond acceptors (Lipinski definition) is 4. The van der Waals surface area contributed by atoms with Gasteiger partial charge < -0.3 is 4.74 Å². The summed E-state index contributed by atoms with van der Waals surface area (Å²) >= 11 is 0. The Labute approximate surface area is 159 Å². The lowest BCUT2D eigenvalue weighted by atomic mass is 10.0. The Bertz CT molecular complexity index is 914. The van der Waals surface area contributed by atoms with Crippen LogP contribution in [0.25, 0.3) is 5.57 Å². The molecular formula is C22H22FN3O. The second-order valence-corrected chi connectivity index (χ2v) is 6.74. The van der Waals surface area contributed by atoms with Crippen molar-refractivity contribution in [3.63, 3.8) is 0 Å². The second-order valence-electron chi connectivity index (χ2n) is 6.74. The monoisotopic (exact) mass is 363 g/mol. The van der Waals surface area contributed by atoms with Crippen molar-refractivity contribution in [2.24, 2.45) is 0 Å². The van der Waals surface area contributed by atoms with Gasteiger partial charge in [-0.05, 0) is 37.1 Å². The Balaban J connectivity index is 1.65. The largest absolute Gasteiger partial charge is 0.473 e. The van der Waals surface area contributed by atoms with Gasteiger partial charge >= 0.3 is 0 Å². The van der Waals surface area contributed by atoms with Gasteiger partial charge in [0.25, 0.3) is 0 Å². The molecule has 4 nitrogen and oxygen atoms in total. The number of ether oxygens (including phenoxy) is 1. The fourth-order valence-electron chi connectivity index (χ4n) is 3.03. The number of pyridine rings is 1. The van der Waals surface area contributed by atoms with Crippen molar-refractivity contribution >= 4 is 5.57 Å². The molecule has 0 bridgehead atoms. The summed E-state index contributed by atoms with van der Waals surface area (Å²) in [6.45, 7) is 8.84. The molecule has 138 valence electrons. The lowest BCUT2D eigenvalue weighted by Gasteiger charge is -2.26. The van der Waals surface area contributed by atoms with Crippen molar-refractivity contribution in [1.29, 1.82) is 5.26 Å². The van der Waals surface area contributed by atoms with Gasteiger partial charge in [-0.15, -0.1) is 0 Å². The standard InChI is InChI=1S/C22H22FN3O/c1-16(2)14-26-10-8-18(9-11-26)21-4-3-5-22(25-21)27-15-19-7-6-17(13-24)12-20(19)23/h3-8,12H,1,9-11,14-15H2,2H3. The summed E-state index contributed by atoms with van der Waals surface area (Å²) in [5.41, 5.74) is 3.94. The quantitative estimate of drug-likeness (QED) is 0.717. The van der Waals surface area contributed by atoms with E-state index in [-0.39, 0.29) is 6.61 Å². The van der Waals surface area contributed by atoms with Crippen LogP contribution in [0, 0.1) is 17.1 Å². The minimum absolute atomic E-state index is 0.0689. The molecule has 1 aliphatic rings. The van der Waals surface area contributed by atoms with E-state index in [1.165, 1.54) is 11.6 Å². The summed E-state index contributed by atoms with van der Waals surface area (Å²) in [5.74, 6) is 0.0133. The van der Waals surface area contributed by atoms with Gasteiger partial charge in [0.15, 0.2) is 0 Å². The second kappa shape index (κ2) is 8.61. The molecule has 0 aliphatic carbocycles. The summed E-state index contributed by atoms with van der Waals surface area (Å²) in [7, 11) is 0. The van der Waals surface area contributed by atoms with Gasteiger partial charge in [0.05, 0.1) is 17.3 Å². The van der Waals surface area contributed by atoms with E-state index in [2.05, 4.69) is 22.5 Å². The SMILES string of the molecule is C=C(C)CN1CC=C(c2cccc(OCc3ccc(C#N)cc3F)n2)CC1. The Kier molecular flexibility index (Phi) is 6.00. The van der Waals surface area contributed by atoms with Crippen molar-refractivity contribution in [2.75, 3.05) is 19.6 Å². The fourth-order valence-corrected chi connectivity index (χ4v) is 3.03. The van der Waals surface area contributed by atoms with Crippen LogP contribution in [0.15, 0.2) is 54.6 Å². The number of hydrogen-bond donors (Lipinski definition) is 0. The van der Waals surface area contributed by atoms with E-state index >= 15 is 0 Å². The zero-order valence-corrected chi connectivity index (χ0v) is 15.4. The average Bonchev–Trinajstić information content (AvgIpc) is 2.67. The van der Waals surface area contributed by atoms with E-state index < -0.39 is 5.82 Å². The van der Waals surface area contributed by atoms with E-state index in [0.29, 0.717) is 17.0 Å². The van der Waals surface area contributed by atoms with Crippen LogP contribution in [0.1, 0.15) is 30.2 Å². The highest BCUT2D eigenvalue weighted by molar-refractivity contribution is 5.64. The molecule has 2 heterocycles. The summed E-state index contributed by atoms with van der Waals surface area (Å²) in [6.07, 6.45) is 3.12. The van der Waals surface area contributed by atoms with Crippen LogP contribution in [0.3, 0.4) is 0 Å². The maximum atomic E-state index is 14.0. The first-order chi connectivity index (χ1) is 13.0. The number of benzene rings is 1. The van der Waals surface area contributed by atoms with E-state index in [9.17, 15) is 4.39 Å². The molecule has 27 heavy (non-hydrogen) atoms. The summed E-state index contributed by atoms with van der Waals surface area (Å²) in [4.78, 5) is 6.91. The predicted octanol–water partition coefficient (Wildman–Crippen LogP) is 4.34. The summed E-state index contributed by atoms with van der Waals surface area (Å²) in [5, 5.41) is 8.80. The van der Waals surface area contributed by atoms with Crippen LogP contribution >= 0.6 is 0 Å². The third kappa shape index (κ3) is 5.02. The number of aromatic nitrogens is 1. The molecule has 0 radical (unpaired) electrons. The molecule has 1 aromatic heterocycles. The minimum Gasteiger partial charge on any atom is -0.473 e. The first-order valence-electron chi connectivity index (χ1n) is 8.89. The highest BCUT2D eigenvalue weighted by Gasteiger charge is 2.14. The van der Waals surface area contributed by atoms with E-state index in [1.807, 2.05) is 25.1 Å². The first kappa shape index (κ1) is 18.8. The zero-order valence-electron chi connectivity index (χ0n) is 15.4. The van der Waals surface area contributed by atoms with Crippen molar-refractivity contribution in [3.05, 3.63) is 77.3 Å². The highest BCUT2D eigenvalue weighted by atomic mass is 19.1. The molecule has 0 amide bonds. The van der Waals surface area contributed by atoms with Crippen LogP contribution in [0.2, 0.25) is 0 Å². The maximum Gasteiger partial charge on any atom is 0.214 e. The number of nitriles is 1. The Morgan fingerprint density at radius 1 is 1.37 bits per heavy atom. The Morgan fingerprint density at radius 3 is 2.89 bits per heavy atom. The van der Waals surface area contributed by atoms with Gasteiger partial charge in [-0.25, -0.2) is 9.37 Å². The van der Waals surface area contributed by atoms with E-state index in [1.54, 1.807) is 18.2 Å². The molecule has 0 N–H and O–H groups in total. The zero-order chi connectivity index (χ0) is 19.2. The van der Waals surface area contributed by atoms with Gasteiger partial charge in [0.2, 0.25) is 5.88 Å². The maximum absolute atomic E-state index is 14.0. The van der Waals surface area contributed by atoms with E-state index in [0.717, 1.165) is 37.3 Å². The highest BCUT2D eigenvalue weighted by Crippen LogP contribution is 2.23. The normalized spacial score (nSPS) is 14.3. The molecule has 3 rings (SSSR count). The van der Waals surface area contributed by atoms with Crippen molar-refractivity contribution in [3.8, 4) is 11.9 Å². The van der Waals surface area contributed by atoms with Crippen LogP contribution < -0.4 is 4.74 Å². The number of rotatable bonds is 6. The van der Waals surface area contributed by atoms with Gasteiger partial charge in [-0.1, -0.05) is 30.4 Å². The molecule has 1 aromatic carbocycles. The molecule has 1 aliphatic heterocycles. The molecule has 0 fully saturated rings.